The van der Waals surface area contributed by atoms with Crippen LogP contribution in [0.1, 0.15) is 30.5 Å². The molecule has 0 aliphatic carbocycles. The fraction of sp³-hybridized carbons (Fsp3) is 0.250. The molecule has 196 valence electrons. The molecule has 7 N–H and O–H groups in total. The van der Waals surface area contributed by atoms with E-state index in [2.05, 4.69) is 20.8 Å². The van der Waals surface area contributed by atoms with Crippen molar-refractivity contribution in [3.8, 4) is 5.75 Å². The molecule has 0 saturated carbocycles. The van der Waals surface area contributed by atoms with Gasteiger partial charge in [0.25, 0.3) is 11.8 Å². The molecule has 14 heteroatoms. The second-order valence-corrected chi connectivity index (χ2v) is 9.71. The van der Waals surface area contributed by atoms with Crippen LogP contribution in [0, 0.1) is 0 Å². The third kappa shape index (κ3) is 4.14. The minimum absolute atomic E-state index is 0.00718. The lowest BCUT2D eigenvalue weighted by molar-refractivity contribution is -0.155. The fourth-order valence-corrected chi connectivity index (χ4v) is 5.59. The van der Waals surface area contributed by atoms with Crippen molar-refractivity contribution in [1.82, 2.24) is 20.5 Å². The molecule has 0 unspecified atom stereocenters. The van der Waals surface area contributed by atoms with Gasteiger partial charge in [-0.1, -0.05) is 17.3 Å². The number of nitrogens with one attached hydrogen (secondary N) is 2. The summed E-state index contributed by atoms with van der Waals surface area (Å²) < 4.78 is 0. The molecule has 1 aromatic carbocycles. The van der Waals surface area contributed by atoms with Crippen molar-refractivity contribution in [3.05, 3.63) is 57.7 Å². The second kappa shape index (κ2) is 9.63. The van der Waals surface area contributed by atoms with Crippen LogP contribution in [-0.4, -0.2) is 73.3 Å². The van der Waals surface area contributed by atoms with Gasteiger partial charge in [-0.05, 0) is 48.1 Å². The number of hydrogen-bond acceptors (Lipinski definition) is 10. The van der Waals surface area contributed by atoms with Gasteiger partial charge in [-0.25, -0.2) is 9.78 Å². The van der Waals surface area contributed by atoms with E-state index in [1.165, 1.54) is 17.5 Å². The standard InChI is InChI=1S/C24H22N6O7S/c25-24-27-14(9-38-24)17(29-37)21(33)28-18-15-6-5-12(19(23(35)36)30(15)22(18)34)16(13-7-8-26-20(13)32)10-1-3-11(31)4-2-10/h1-4,9,15,18,31,37H,5-8H2,(H2,25,27)(H,26,32)(H,28,33)(H,35,36)/t15-,18+/m1/s1. The molecule has 38 heavy (non-hydrogen) atoms. The molecule has 2 atom stereocenters. The summed E-state index contributed by atoms with van der Waals surface area (Å²) in [4.78, 5) is 56.1. The monoisotopic (exact) mass is 538 g/mol. The van der Waals surface area contributed by atoms with Gasteiger partial charge in [0.1, 0.15) is 23.2 Å². The molecule has 0 spiro atoms. The van der Waals surface area contributed by atoms with Crippen LogP contribution in [-0.2, 0) is 19.2 Å². The Hall–Kier alpha value is -4.72. The average Bonchev–Trinajstić information content (AvgIpc) is 3.51. The topological polar surface area (TPSA) is 208 Å². The zero-order valence-electron chi connectivity index (χ0n) is 19.7. The van der Waals surface area contributed by atoms with E-state index in [-0.39, 0.29) is 34.6 Å². The van der Waals surface area contributed by atoms with Crippen LogP contribution in [0.4, 0.5) is 5.13 Å². The largest absolute Gasteiger partial charge is 0.508 e. The predicted octanol–water partition coefficient (Wildman–Crippen LogP) is 0.411. The first-order valence-electron chi connectivity index (χ1n) is 11.6. The van der Waals surface area contributed by atoms with Crippen LogP contribution in [0.25, 0.3) is 5.57 Å². The van der Waals surface area contributed by atoms with Gasteiger partial charge in [0.15, 0.2) is 10.8 Å². The third-order valence-electron chi connectivity index (χ3n) is 6.70. The molecule has 3 aliphatic rings. The molecule has 3 aliphatic heterocycles. The van der Waals surface area contributed by atoms with Gasteiger partial charge in [0, 0.05) is 17.5 Å². The number of phenolic OH excluding ortho intramolecular Hbond substituents is 1. The Balaban J connectivity index is 1.49. The highest BCUT2D eigenvalue weighted by Crippen LogP contribution is 2.43. The molecule has 13 nitrogen and oxygen atoms in total. The Bertz CT molecular complexity index is 1460. The van der Waals surface area contributed by atoms with Gasteiger partial charge in [-0.15, -0.1) is 11.3 Å². The number of hydrogen-bond donors (Lipinski definition) is 6. The van der Waals surface area contributed by atoms with E-state index in [1.807, 2.05) is 0 Å². The third-order valence-corrected chi connectivity index (χ3v) is 7.37. The number of fused-ring (bicyclic) bond motifs is 1. The molecule has 2 saturated heterocycles. The Morgan fingerprint density at radius 3 is 2.53 bits per heavy atom. The maximum Gasteiger partial charge on any atom is 0.352 e. The number of carbonyl (C=O) groups is 4. The number of β-lactam (4-membered cyclic amide) rings is 1. The molecule has 3 amide bonds. The second-order valence-electron chi connectivity index (χ2n) is 8.82. The van der Waals surface area contributed by atoms with Crippen LogP contribution < -0.4 is 16.4 Å². The summed E-state index contributed by atoms with van der Waals surface area (Å²) in [6.07, 6.45) is 0.874. The summed E-state index contributed by atoms with van der Waals surface area (Å²) in [5, 5.41) is 39.1. The number of thiazole rings is 1. The molecule has 1 aromatic heterocycles. The summed E-state index contributed by atoms with van der Waals surface area (Å²) in [7, 11) is 0. The Morgan fingerprint density at radius 2 is 1.95 bits per heavy atom. The van der Waals surface area contributed by atoms with Gasteiger partial charge < -0.3 is 31.8 Å². The number of aromatic hydroxyl groups is 1. The zero-order valence-corrected chi connectivity index (χ0v) is 20.5. The average molecular weight is 539 g/mol. The minimum Gasteiger partial charge on any atom is -0.508 e. The van der Waals surface area contributed by atoms with Crippen molar-refractivity contribution in [1.29, 1.82) is 0 Å². The quantitative estimate of drug-likeness (QED) is 0.0988. The number of carboxylic acids is 1. The molecular weight excluding hydrogens is 516 g/mol. The van der Waals surface area contributed by atoms with Crippen LogP contribution in [0.5, 0.6) is 5.75 Å². The van der Waals surface area contributed by atoms with Crippen LogP contribution in [0.15, 0.2) is 51.6 Å². The summed E-state index contributed by atoms with van der Waals surface area (Å²) in [6, 6.07) is 4.33. The Kier molecular flexibility index (Phi) is 6.32. The highest BCUT2D eigenvalue weighted by Gasteiger charge is 2.54. The lowest BCUT2D eigenvalue weighted by Gasteiger charge is -2.50. The van der Waals surface area contributed by atoms with E-state index in [4.69, 9.17) is 5.73 Å². The first-order valence-corrected chi connectivity index (χ1v) is 12.4. The maximum atomic E-state index is 13.2. The Morgan fingerprint density at radius 1 is 1.21 bits per heavy atom. The number of oxime groups is 1. The first-order chi connectivity index (χ1) is 18.2. The molecule has 2 fully saturated rings. The van der Waals surface area contributed by atoms with E-state index in [9.17, 15) is 34.6 Å². The number of benzene rings is 1. The van der Waals surface area contributed by atoms with Crippen molar-refractivity contribution >= 4 is 51.4 Å². The number of carbonyl (C=O) groups excluding carboxylic acids is 3. The van der Waals surface area contributed by atoms with Crippen molar-refractivity contribution in [2.45, 2.75) is 31.3 Å². The van der Waals surface area contributed by atoms with E-state index in [0.29, 0.717) is 41.7 Å². The van der Waals surface area contributed by atoms with E-state index in [1.54, 1.807) is 12.1 Å². The summed E-state index contributed by atoms with van der Waals surface area (Å²) in [6.45, 7) is 0.393. The number of allylic oxidation sites excluding steroid dienone is 2. The number of aliphatic carboxylic acids is 1. The van der Waals surface area contributed by atoms with Crippen molar-refractivity contribution < 1.29 is 34.6 Å². The molecular formula is C24H22N6O7S. The SMILES string of the molecule is Nc1nc(C(=NO)C(=O)N[C@@H]2C(=O)N3C(C(=O)O)=C(C(=C4CCNC4=O)c4ccc(O)cc4)CC[C@H]23)cs1. The summed E-state index contributed by atoms with van der Waals surface area (Å²) in [5.74, 6) is -3.19. The fourth-order valence-electron chi connectivity index (χ4n) is 5.04. The number of phenols is 1. The van der Waals surface area contributed by atoms with E-state index in [0.717, 1.165) is 16.2 Å². The van der Waals surface area contributed by atoms with Crippen LogP contribution >= 0.6 is 11.3 Å². The minimum atomic E-state index is -1.35. The van der Waals surface area contributed by atoms with Crippen LogP contribution in [0.2, 0.25) is 0 Å². The van der Waals surface area contributed by atoms with Gasteiger partial charge >= 0.3 is 5.97 Å². The van der Waals surface area contributed by atoms with Gasteiger partial charge in [-0.3, -0.25) is 19.3 Å². The maximum absolute atomic E-state index is 13.2. The number of rotatable bonds is 6. The highest BCUT2D eigenvalue weighted by molar-refractivity contribution is 7.13. The number of nitrogens with zero attached hydrogens (tertiary/aromatic N) is 3. The predicted molar refractivity (Wildman–Crippen MR) is 134 cm³/mol. The molecule has 0 radical (unpaired) electrons. The molecule has 4 heterocycles. The summed E-state index contributed by atoms with van der Waals surface area (Å²) >= 11 is 1.04. The molecule has 0 bridgehead atoms. The smallest absolute Gasteiger partial charge is 0.352 e. The number of carboxylic acid groups (broad SMARTS) is 1. The molecule has 2 aromatic rings. The van der Waals surface area contributed by atoms with Gasteiger partial charge in [-0.2, -0.15) is 0 Å². The van der Waals surface area contributed by atoms with Gasteiger partial charge in [0.05, 0.1) is 6.04 Å². The van der Waals surface area contributed by atoms with E-state index >= 15 is 0 Å². The normalized spacial score (nSPS) is 22.5. The molecule has 5 rings (SSSR count). The van der Waals surface area contributed by atoms with Crippen molar-refractivity contribution in [3.63, 3.8) is 0 Å². The number of aromatic nitrogens is 1. The Labute approximate surface area is 219 Å². The lowest BCUT2D eigenvalue weighted by atomic mass is 9.78. The number of anilines is 1. The highest BCUT2D eigenvalue weighted by atomic mass is 32.1. The van der Waals surface area contributed by atoms with Gasteiger partial charge in [0.2, 0.25) is 5.91 Å². The van der Waals surface area contributed by atoms with Crippen molar-refractivity contribution in [2.75, 3.05) is 12.3 Å². The van der Waals surface area contributed by atoms with Crippen molar-refractivity contribution in [2.24, 2.45) is 5.16 Å². The zero-order chi connectivity index (χ0) is 27.1. The number of nitrogens with two attached hydrogens (primary N) is 1. The van der Waals surface area contributed by atoms with Crippen LogP contribution in [0.3, 0.4) is 0 Å². The summed E-state index contributed by atoms with van der Waals surface area (Å²) in [5.41, 5.74) is 6.58. The van der Waals surface area contributed by atoms with E-state index < -0.39 is 35.6 Å². The number of amides is 3. The number of nitrogen functional groups attached to an aromatic ring is 1. The lowest BCUT2D eigenvalue weighted by Crippen LogP contribution is -2.72. The first kappa shape index (κ1) is 25.0.